The number of ether oxygens (including phenoxy) is 2. The van der Waals surface area contributed by atoms with Crippen molar-refractivity contribution in [1.29, 1.82) is 0 Å². The number of rotatable bonds is 10. The maximum atomic E-state index is 12.1. The largest absolute Gasteiger partial charge is 0.493 e. The van der Waals surface area contributed by atoms with Crippen molar-refractivity contribution in [2.45, 2.75) is 32.6 Å². The van der Waals surface area contributed by atoms with E-state index in [2.05, 4.69) is 19.2 Å². The zero-order valence-electron chi connectivity index (χ0n) is 15.7. The van der Waals surface area contributed by atoms with E-state index < -0.39 is 5.91 Å². The van der Waals surface area contributed by atoms with Gasteiger partial charge < -0.3 is 20.5 Å². The Bertz CT molecular complexity index is 759. The summed E-state index contributed by atoms with van der Waals surface area (Å²) in [4.78, 5) is 22.8. The molecule has 144 valence electrons. The lowest BCUT2D eigenvalue weighted by Gasteiger charge is -2.15. The Morgan fingerprint density at radius 1 is 1.07 bits per heavy atom. The highest BCUT2D eigenvalue weighted by molar-refractivity contribution is 5.91. The fourth-order valence-electron chi connectivity index (χ4n) is 2.48. The zero-order valence-corrected chi connectivity index (χ0v) is 15.7. The summed E-state index contributed by atoms with van der Waals surface area (Å²) in [6.45, 7) is 4.42. The van der Waals surface area contributed by atoms with Crippen LogP contribution in [0.25, 0.3) is 0 Å². The van der Waals surface area contributed by atoms with Crippen LogP contribution >= 0.6 is 0 Å². The maximum Gasteiger partial charge on any atom is 0.262 e. The highest BCUT2D eigenvalue weighted by Gasteiger charge is 2.11. The molecule has 2 aromatic rings. The van der Waals surface area contributed by atoms with Gasteiger partial charge in [-0.25, -0.2) is 0 Å². The monoisotopic (exact) mass is 370 g/mol. The van der Waals surface area contributed by atoms with E-state index in [0.29, 0.717) is 17.4 Å². The molecule has 0 aromatic heterocycles. The van der Waals surface area contributed by atoms with Gasteiger partial charge in [0.15, 0.2) is 6.61 Å². The zero-order chi connectivity index (χ0) is 19.6. The highest BCUT2D eigenvalue weighted by Crippen LogP contribution is 2.28. The second-order valence-corrected chi connectivity index (χ2v) is 6.27. The fraction of sp³-hybridized carbons (Fsp3) is 0.333. The summed E-state index contributed by atoms with van der Waals surface area (Å²) < 4.78 is 11.1. The van der Waals surface area contributed by atoms with Crippen LogP contribution in [-0.4, -0.2) is 25.0 Å². The minimum Gasteiger partial charge on any atom is -0.493 e. The van der Waals surface area contributed by atoms with E-state index in [1.807, 2.05) is 24.3 Å². The predicted molar refractivity (Wildman–Crippen MR) is 105 cm³/mol. The molecule has 2 amide bonds. The quantitative estimate of drug-likeness (QED) is 0.670. The SMILES string of the molecule is CC[C@@H](C)c1ccccc1OCC(=O)Nc1ccc(OCCC(N)=O)cc1. The first-order valence-electron chi connectivity index (χ1n) is 9.02. The Hall–Kier alpha value is -3.02. The third-order valence-corrected chi connectivity index (χ3v) is 4.18. The van der Waals surface area contributed by atoms with Crippen LogP contribution in [0.4, 0.5) is 5.69 Å². The summed E-state index contributed by atoms with van der Waals surface area (Å²) >= 11 is 0. The Morgan fingerprint density at radius 3 is 2.44 bits per heavy atom. The third kappa shape index (κ3) is 6.66. The number of hydrogen-bond acceptors (Lipinski definition) is 4. The van der Waals surface area contributed by atoms with Crippen molar-refractivity contribution in [1.82, 2.24) is 0 Å². The van der Waals surface area contributed by atoms with Gasteiger partial charge in [0.1, 0.15) is 11.5 Å². The molecule has 1 atom stereocenters. The fourth-order valence-corrected chi connectivity index (χ4v) is 2.48. The summed E-state index contributed by atoms with van der Waals surface area (Å²) in [6, 6.07) is 14.7. The summed E-state index contributed by atoms with van der Waals surface area (Å²) in [5, 5.41) is 2.78. The number of hydrogen-bond donors (Lipinski definition) is 2. The first-order chi connectivity index (χ1) is 13.0. The van der Waals surface area contributed by atoms with Crippen LogP contribution in [0, 0.1) is 0 Å². The number of para-hydroxylation sites is 1. The molecule has 0 aliphatic heterocycles. The Balaban J connectivity index is 1.85. The number of primary amides is 1. The minimum atomic E-state index is -0.409. The molecule has 6 nitrogen and oxygen atoms in total. The molecule has 27 heavy (non-hydrogen) atoms. The summed E-state index contributed by atoms with van der Waals surface area (Å²) in [6.07, 6.45) is 1.16. The summed E-state index contributed by atoms with van der Waals surface area (Å²) in [5.74, 6) is 1.06. The van der Waals surface area contributed by atoms with Crippen LogP contribution in [0.3, 0.4) is 0 Å². The molecule has 2 rings (SSSR count). The first-order valence-corrected chi connectivity index (χ1v) is 9.02. The molecule has 3 N–H and O–H groups in total. The lowest BCUT2D eigenvalue weighted by Crippen LogP contribution is -2.20. The van der Waals surface area contributed by atoms with Crippen LogP contribution in [0.15, 0.2) is 48.5 Å². The predicted octanol–water partition coefficient (Wildman–Crippen LogP) is 3.47. The number of amides is 2. The van der Waals surface area contributed by atoms with Gasteiger partial charge in [0.2, 0.25) is 5.91 Å². The van der Waals surface area contributed by atoms with Gasteiger partial charge in [-0.2, -0.15) is 0 Å². The van der Waals surface area contributed by atoms with Gasteiger partial charge >= 0.3 is 0 Å². The minimum absolute atomic E-state index is 0.0652. The van der Waals surface area contributed by atoms with Crippen molar-refractivity contribution in [3.05, 3.63) is 54.1 Å². The topological polar surface area (TPSA) is 90.7 Å². The smallest absolute Gasteiger partial charge is 0.262 e. The average Bonchev–Trinajstić information content (AvgIpc) is 2.67. The standard InChI is InChI=1S/C21H26N2O4/c1-3-15(2)18-6-4-5-7-19(18)27-14-21(25)23-16-8-10-17(11-9-16)26-13-12-20(22)24/h4-11,15H,3,12-14H2,1-2H3,(H2,22,24)(H,23,25)/t15-/m1/s1. The molecule has 0 radical (unpaired) electrons. The van der Waals surface area contributed by atoms with E-state index in [4.69, 9.17) is 15.2 Å². The first kappa shape index (κ1) is 20.3. The van der Waals surface area contributed by atoms with Crippen molar-refractivity contribution in [3.63, 3.8) is 0 Å². The third-order valence-electron chi connectivity index (χ3n) is 4.18. The van der Waals surface area contributed by atoms with Crippen molar-refractivity contribution < 1.29 is 19.1 Å². The molecule has 0 saturated carbocycles. The number of carbonyl (C=O) groups is 2. The van der Waals surface area contributed by atoms with E-state index in [-0.39, 0.29) is 25.5 Å². The number of anilines is 1. The Morgan fingerprint density at radius 2 is 1.78 bits per heavy atom. The molecule has 2 aromatic carbocycles. The highest BCUT2D eigenvalue weighted by atomic mass is 16.5. The molecule has 0 saturated heterocycles. The lowest BCUT2D eigenvalue weighted by molar-refractivity contribution is -0.119. The molecule has 0 fully saturated rings. The lowest BCUT2D eigenvalue weighted by atomic mass is 9.98. The van der Waals surface area contributed by atoms with Gasteiger partial charge in [-0.05, 0) is 48.2 Å². The molecule has 0 aliphatic rings. The van der Waals surface area contributed by atoms with Gasteiger partial charge in [-0.1, -0.05) is 32.0 Å². The molecular formula is C21H26N2O4. The molecule has 0 aliphatic carbocycles. The number of benzene rings is 2. The molecule has 0 bridgehead atoms. The number of carbonyl (C=O) groups excluding carboxylic acids is 2. The Labute approximate surface area is 159 Å². The van der Waals surface area contributed by atoms with Crippen LogP contribution in [0.1, 0.15) is 38.2 Å². The van der Waals surface area contributed by atoms with Gasteiger partial charge in [-0.3, -0.25) is 9.59 Å². The van der Waals surface area contributed by atoms with Crippen LogP contribution in [-0.2, 0) is 9.59 Å². The van der Waals surface area contributed by atoms with E-state index in [1.54, 1.807) is 24.3 Å². The van der Waals surface area contributed by atoms with Gasteiger partial charge in [-0.15, -0.1) is 0 Å². The maximum absolute atomic E-state index is 12.1. The molecular weight excluding hydrogens is 344 g/mol. The molecule has 6 heteroatoms. The molecule has 0 spiro atoms. The van der Waals surface area contributed by atoms with Crippen molar-refractivity contribution in [3.8, 4) is 11.5 Å². The van der Waals surface area contributed by atoms with Crippen LogP contribution in [0.5, 0.6) is 11.5 Å². The second kappa shape index (κ2) is 10.2. The average molecular weight is 370 g/mol. The number of nitrogens with one attached hydrogen (secondary N) is 1. The van der Waals surface area contributed by atoms with Crippen molar-refractivity contribution in [2.75, 3.05) is 18.5 Å². The molecule has 0 unspecified atom stereocenters. The van der Waals surface area contributed by atoms with E-state index in [1.165, 1.54) is 0 Å². The van der Waals surface area contributed by atoms with Crippen LogP contribution < -0.4 is 20.5 Å². The summed E-state index contributed by atoms with van der Waals surface area (Å²) in [7, 11) is 0. The van der Waals surface area contributed by atoms with E-state index >= 15 is 0 Å². The van der Waals surface area contributed by atoms with Gasteiger partial charge in [0, 0.05) is 5.69 Å². The normalized spacial score (nSPS) is 11.5. The van der Waals surface area contributed by atoms with Crippen molar-refractivity contribution in [2.24, 2.45) is 5.73 Å². The van der Waals surface area contributed by atoms with Crippen molar-refractivity contribution >= 4 is 17.5 Å². The van der Waals surface area contributed by atoms with E-state index in [9.17, 15) is 9.59 Å². The Kier molecular flexibility index (Phi) is 7.67. The van der Waals surface area contributed by atoms with Gasteiger partial charge in [0.25, 0.3) is 5.91 Å². The molecule has 0 heterocycles. The second-order valence-electron chi connectivity index (χ2n) is 6.27. The van der Waals surface area contributed by atoms with Crippen LogP contribution in [0.2, 0.25) is 0 Å². The van der Waals surface area contributed by atoms with E-state index in [0.717, 1.165) is 17.7 Å². The number of nitrogens with two attached hydrogens (primary N) is 1. The van der Waals surface area contributed by atoms with Gasteiger partial charge in [0.05, 0.1) is 13.0 Å². The summed E-state index contributed by atoms with van der Waals surface area (Å²) in [5.41, 5.74) is 6.80.